The topological polar surface area (TPSA) is 15.3 Å². The van der Waals surface area contributed by atoms with Crippen molar-refractivity contribution in [2.24, 2.45) is 0 Å². The molecule has 0 aromatic heterocycles. The Morgan fingerprint density at radius 1 is 1.44 bits per heavy atom. The molecule has 1 atom stereocenters. The van der Waals surface area contributed by atoms with Gasteiger partial charge in [0.1, 0.15) is 0 Å². The van der Waals surface area contributed by atoms with Gasteiger partial charge in [-0.1, -0.05) is 23.7 Å². The van der Waals surface area contributed by atoms with E-state index in [9.17, 15) is 0 Å². The number of likely N-dealkylation sites (N-methyl/N-ethyl adjacent to an activating group) is 1. The molecular formula is C13H19ClN2. The average Bonchev–Trinajstić information content (AvgIpc) is 2.41. The average molecular weight is 239 g/mol. The van der Waals surface area contributed by atoms with Gasteiger partial charge in [-0.05, 0) is 51.2 Å². The lowest BCUT2D eigenvalue weighted by molar-refractivity contribution is 0.259. The van der Waals surface area contributed by atoms with Crippen LogP contribution in [-0.2, 0) is 5.54 Å². The number of benzene rings is 1. The third kappa shape index (κ3) is 2.57. The predicted octanol–water partition coefficient (Wildman–Crippen LogP) is 2.48. The van der Waals surface area contributed by atoms with Crippen LogP contribution in [0.1, 0.15) is 18.9 Å². The third-order valence-corrected chi connectivity index (χ3v) is 3.51. The Bertz CT molecular complexity index is 367. The molecule has 0 spiro atoms. The van der Waals surface area contributed by atoms with Crippen LogP contribution >= 0.6 is 11.6 Å². The molecule has 2 nitrogen and oxygen atoms in total. The molecule has 1 N–H and O–H groups in total. The predicted molar refractivity (Wildman–Crippen MR) is 68.9 cm³/mol. The Kier molecular flexibility index (Phi) is 3.53. The summed E-state index contributed by atoms with van der Waals surface area (Å²) in [6, 6.07) is 8.16. The molecule has 0 amide bonds. The van der Waals surface area contributed by atoms with Gasteiger partial charge >= 0.3 is 0 Å². The first kappa shape index (κ1) is 11.9. The molecule has 0 bridgehead atoms. The summed E-state index contributed by atoms with van der Waals surface area (Å²) in [6.45, 7) is 5.49. The molecule has 1 saturated heterocycles. The van der Waals surface area contributed by atoms with Gasteiger partial charge in [0.2, 0.25) is 0 Å². The van der Waals surface area contributed by atoms with E-state index in [4.69, 9.17) is 11.6 Å². The van der Waals surface area contributed by atoms with Crippen molar-refractivity contribution in [1.29, 1.82) is 0 Å². The molecule has 1 heterocycles. The second kappa shape index (κ2) is 4.74. The Hall–Kier alpha value is -0.570. The maximum Gasteiger partial charge on any atom is 0.0535 e. The van der Waals surface area contributed by atoms with Gasteiger partial charge in [-0.2, -0.15) is 0 Å². The molecule has 0 saturated carbocycles. The van der Waals surface area contributed by atoms with E-state index in [-0.39, 0.29) is 5.54 Å². The SMILES string of the molecule is CN1CCCNC(C)(c2cccc(Cl)c2)C1. The van der Waals surface area contributed by atoms with Gasteiger partial charge in [0.15, 0.2) is 0 Å². The molecule has 0 radical (unpaired) electrons. The number of halogens is 1. The summed E-state index contributed by atoms with van der Waals surface area (Å²) in [5, 5.41) is 4.44. The van der Waals surface area contributed by atoms with Crippen molar-refractivity contribution in [2.75, 3.05) is 26.7 Å². The summed E-state index contributed by atoms with van der Waals surface area (Å²) in [4.78, 5) is 2.38. The van der Waals surface area contributed by atoms with Crippen molar-refractivity contribution < 1.29 is 0 Å². The normalized spacial score (nSPS) is 27.7. The Morgan fingerprint density at radius 3 is 3.00 bits per heavy atom. The van der Waals surface area contributed by atoms with Crippen molar-refractivity contribution >= 4 is 11.6 Å². The van der Waals surface area contributed by atoms with Crippen molar-refractivity contribution in [2.45, 2.75) is 18.9 Å². The highest BCUT2D eigenvalue weighted by molar-refractivity contribution is 6.30. The molecule has 2 rings (SSSR count). The molecule has 1 aromatic carbocycles. The lowest BCUT2D eigenvalue weighted by Gasteiger charge is -2.32. The highest BCUT2D eigenvalue weighted by atomic mass is 35.5. The van der Waals surface area contributed by atoms with Crippen LogP contribution in [0.4, 0.5) is 0 Å². The fourth-order valence-corrected chi connectivity index (χ4v) is 2.60. The van der Waals surface area contributed by atoms with Crippen LogP contribution in [0.2, 0.25) is 5.02 Å². The van der Waals surface area contributed by atoms with E-state index in [1.807, 2.05) is 12.1 Å². The maximum absolute atomic E-state index is 6.06. The van der Waals surface area contributed by atoms with Gasteiger partial charge in [-0.25, -0.2) is 0 Å². The summed E-state index contributed by atoms with van der Waals surface area (Å²) in [5.74, 6) is 0. The zero-order valence-electron chi connectivity index (χ0n) is 9.96. The summed E-state index contributed by atoms with van der Waals surface area (Å²) in [5.41, 5.74) is 1.28. The Labute approximate surface area is 103 Å². The number of nitrogens with zero attached hydrogens (tertiary/aromatic N) is 1. The number of hydrogen-bond acceptors (Lipinski definition) is 2. The summed E-state index contributed by atoms with van der Waals surface area (Å²) >= 11 is 6.06. The van der Waals surface area contributed by atoms with Gasteiger partial charge in [0.05, 0.1) is 5.54 Å². The highest BCUT2D eigenvalue weighted by Crippen LogP contribution is 2.25. The lowest BCUT2D eigenvalue weighted by Crippen LogP contribution is -2.45. The van der Waals surface area contributed by atoms with Gasteiger partial charge < -0.3 is 10.2 Å². The molecular weight excluding hydrogens is 220 g/mol. The smallest absolute Gasteiger partial charge is 0.0535 e. The second-order valence-electron chi connectivity index (χ2n) is 4.86. The van der Waals surface area contributed by atoms with E-state index in [1.54, 1.807) is 0 Å². The van der Waals surface area contributed by atoms with Crippen LogP contribution in [0, 0.1) is 0 Å². The second-order valence-corrected chi connectivity index (χ2v) is 5.30. The number of hydrogen-bond donors (Lipinski definition) is 1. The first-order chi connectivity index (χ1) is 7.60. The zero-order chi connectivity index (χ0) is 11.6. The van der Waals surface area contributed by atoms with Crippen LogP contribution in [0.5, 0.6) is 0 Å². The minimum absolute atomic E-state index is 0.0101. The van der Waals surface area contributed by atoms with Crippen LogP contribution in [0.3, 0.4) is 0 Å². The monoisotopic (exact) mass is 238 g/mol. The van der Waals surface area contributed by atoms with E-state index < -0.39 is 0 Å². The molecule has 1 aliphatic heterocycles. The first-order valence-corrected chi connectivity index (χ1v) is 6.18. The van der Waals surface area contributed by atoms with Crippen molar-refractivity contribution in [3.8, 4) is 0 Å². The first-order valence-electron chi connectivity index (χ1n) is 5.80. The van der Waals surface area contributed by atoms with Gasteiger partial charge in [0, 0.05) is 11.6 Å². The molecule has 1 unspecified atom stereocenters. The van der Waals surface area contributed by atoms with Crippen LogP contribution < -0.4 is 5.32 Å². The van der Waals surface area contributed by atoms with E-state index in [2.05, 4.69) is 36.3 Å². The van der Waals surface area contributed by atoms with Crippen LogP contribution in [-0.4, -0.2) is 31.6 Å². The number of nitrogens with one attached hydrogen (secondary N) is 1. The maximum atomic E-state index is 6.06. The van der Waals surface area contributed by atoms with Crippen molar-refractivity contribution in [3.63, 3.8) is 0 Å². The minimum atomic E-state index is 0.0101. The Morgan fingerprint density at radius 2 is 2.25 bits per heavy atom. The third-order valence-electron chi connectivity index (χ3n) is 3.28. The fourth-order valence-electron chi connectivity index (χ4n) is 2.41. The minimum Gasteiger partial charge on any atom is -0.306 e. The van der Waals surface area contributed by atoms with Crippen molar-refractivity contribution in [3.05, 3.63) is 34.9 Å². The quantitative estimate of drug-likeness (QED) is 0.809. The van der Waals surface area contributed by atoms with E-state index in [1.165, 1.54) is 12.0 Å². The van der Waals surface area contributed by atoms with E-state index in [0.29, 0.717) is 0 Å². The molecule has 3 heteroatoms. The van der Waals surface area contributed by atoms with E-state index in [0.717, 1.165) is 24.7 Å². The molecule has 16 heavy (non-hydrogen) atoms. The van der Waals surface area contributed by atoms with Gasteiger partial charge in [-0.15, -0.1) is 0 Å². The summed E-state index contributed by atoms with van der Waals surface area (Å²) < 4.78 is 0. The van der Waals surface area contributed by atoms with Gasteiger partial charge in [0.25, 0.3) is 0 Å². The standard InChI is InChI=1S/C13H19ClN2/c1-13(10-16(2)8-4-7-15-13)11-5-3-6-12(14)9-11/h3,5-6,9,15H,4,7-8,10H2,1-2H3. The van der Waals surface area contributed by atoms with Gasteiger partial charge in [-0.3, -0.25) is 0 Å². The lowest BCUT2D eigenvalue weighted by atomic mass is 9.91. The number of rotatable bonds is 1. The summed E-state index contributed by atoms with van der Waals surface area (Å²) in [7, 11) is 2.18. The molecule has 0 aliphatic carbocycles. The molecule has 1 aliphatic rings. The Balaban J connectivity index is 2.28. The largest absolute Gasteiger partial charge is 0.306 e. The van der Waals surface area contributed by atoms with Crippen LogP contribution in [0.15, 0.2) is 24.3 Å². The zero-order valence-corrected chi connectivity index (χ0v) is 10.7. The summed E-state index contributed by atoms with van der Waals surface area (Å²) in [6.07, 6.45) is 1.20. The fraction of sp³-hybridized carbons (Fsp3) is 0.538. The molecule has 1 fully saturated rings. The molecule has 1 aromatic rings. The molecule has 88 valence electrons. The van der Waals surface area contributed by atoms with Crippen molar-refractivity contribution in [1.82, 2.24) is 10.2 Å². The van der Waals surface area contributed by atoms with Crippen LogP contribution in [0.25, 0.3) is 0 Å². The van der Waals surface area contributed by atoms with E-state index >= 15 is 0 Å². The highest BCUT2D eigenvalue weighted by Gasteiger charge is 2.29.